The molecule has 6 nitrogen and oxygen atoms in total. The molecule has 1 amide bonds. The molecule has 2 aliphatic heterocycles. The number of hydrogen-bond acceptors (Lipinski definition) is 4. The third-order valence-electron chi connectivity index (χ3n) is 4.56. The number of fused-ring (bicyclic) bond motifs is 3. The van der Waals surface area contributed by atoms with Crippen molar-refractivity contribution in [1.29, 1.82) is 0 Å². The van der Waals surface area contributed by atoms with Crippen LogP contribution in [0.25, 0.3) is 11.2 Å². The highest BCUT2D eigenvalue weighted by molar-refractivity contribution is 5.75. The molecule has 0 N–H and O–H groups in total. The molecular weight excluding hydrogens is 318 g/mol. The van der Waals surface area contributed by atoms with Crippen LogP contribution in [-0.4, -0.2) is 51.3 Å². The Morgan fingerprint density at radius 3 is 2.92 bits per heavy atom. The Kier molecular flexibility index (Phi) is 3.80. The van der Waals surface area contributed by atoms with E-state index in [1.54, 1.807) is 6.20 Å². The SMILES string of the molecule is CC(C)(C)OC(=O)N1C2C=C(c3ccc4nccn4c3)CC1COC2. The fourth-order valence-corrected chi connectivity index (χ4v) is 3.52. The molecular formula is C19H23N3O3. The number of rotatable bonds is 1. The fourth-order valence-electron chi connectivity index (χ4n) is 3.52. The Morgan fingerprint density at radius 1 is 1.32 bits per heavy atom. The highest BCUT2D eigenvalue weighted by Crippen LogP contribution is 2.33. The number of carbonyl (C=O) groups is 1. The van der Waals surface area contributed by atoms with Crippen molar-refractivity contribution in [3.8, 4) is 0 Å². The lowest BCUT2D eigenvalue weighted by Crippen LogP contribution is -2.57. The van der Waals surface area contributed by atoms with E-state index in [2.05, 4.69) is 23.3 Å². The molecule has 2 bridgehead atoms. The molecule has 0 saturated carbocycles. The molecule has 2 aromatic heterocycles. The van der Waals surface area contributed by atoms with Gasteiger partial charge in [-0.2, -0.15) is 0 Å². The van der Waals surface area contributed by atoms with Crippen LogP contribution in [0.1, 0.15) is 32.8 Å². The zero-order chi connectivity index (χ0) is 17.6. The summed E-state index contributed by atoms with van der Waals surface area (Å²) in [6.07, 6.45) is 8.47. The van der Waals surface area contributed by atoms with Gasteiger partial charge in [0.05, 0.1) is 25.3 Å². The van der Waals surface area contributed by atoms with Gasteiger partial charge in [-0.25, -0.2) is 9.78 Å². The van der Waals surface area contributed by atoms with E-state index in [0.717, 1.165) is 17.6 Å². The van der Waals surface area contributed by atoms with E-state index in [4.69, 9.17) is 9.47 Å². The second-order valence-corrected chi connectivity index (χ2v) is 7.65. The number of imidazole rings is 1. The zero-order valence-corrected chi connectivity index (χ0v) is 14.8. The topological polar surface area (TPSA) is 56.1 Å². The van der Waals surface area contributed by atoms with Gasteiger partial charge in [-0.3, -0.25) is 4.90 Å². The number of ether oxygens (including phenoxy) is 2. The van der Waals surface area contributed by atoms with Crippen molar-refractivity contribution in [1.82, 2.24) is 14.3 Å². The average Bonchev–Trinajstić information content (AvgIpc) is 2.99. The van der Waals surface area contributed by atoms with Gasteiger partial charge in [-0.15, -0.1) is 0 Å². The van der Waals surface area contributed by atoms with Gasteiger partial charge in [-0.1, -0.05) is 6.08 Å². The zero-order valence-electron chi connectivity index (χ0n) is 14.8. The first-order chi connectivity index (χ1) is 11.9. The van der Waals surface area contributed by atoms with Crippen LogP contribution in [0.5, 0.6) is 0 Å². The molecule has 0 aromatic carbocycles. The molecule has 0 radical (unpaired) electrons. The van der Waals surface area contributed by atoms with Crippen LogP contribution in [0.2, 0.25) is 0 Å². The lowest BCUT2D eigenvalue weighted by atomic mass is 9.91. The first-order valence-electron chi connectivity index (χ1n) is 8.63. The highest BCUT2D eigenvalue weighted by Gasteiger charge is 2.40. The fraction of sp³-hybridized carbons (Fsp3) is 0.474. The Labute approximate surface area is 147 Å². The first kappa shape index (κ1) is 16.1. The van der Waals surface area contributed by atoms with Crippen LogP contribution in [0, 0.1) is 0 Å². The summed E-state index contributed by atoms with van der Waals surface area (Å²) in [5, 5.41) is 0. The van der Waals surface area contributed by atoms with Gasteiger partial charge in [0.2, 0.25) is 0 Å². The smallest absolute Gasteiger partial charge is 0.411 e. The molecule has 2 aromatic rings. The van der Waals surface area contributed by atoms with Gasteiger partial charge in [-0.05, 0) is 50.5 Å². The monoisotopic (exact) mass is 341 g/mol. The van der Waals surface area contributed by atoms with Crippen molar-refractivity contribution in [2.24, 2.45) is 0 Å². The Bertz CT molecular complexity index is 834. The van der Waals surface area contributed by atoms with E-state index in [1.807, 2.05) is 42.3 Å². The van der Waals surface area contributed by atoms with Crippen molar-refractivity contribution in [3.05, 3.63) is 42.4 Å². The summed E-state index contributed by atoms with van der Waals surface area (Å²) in [6, 6.07) is 4.03. The standard InChI is InChI=1S/C19H23N3O3/c1-19(2,3)25-18(23)22-15-8-14(9-16(22)12-24-11-15)13-4-5-17-20-6-7-21(17)10-13/h4-8,10,15-16H,9,11-12H2,1-3H3. The van der Waals surface area contributed by atoms with Gasteiger partial charge < -0.3 is 13.9 Å². The van der Waals surface area contributed by atoms with Gasteiger partial charge in [0.25, 0.3) is 0 Å². The van der Waals surface area contributed by atoms with Crippen LogP contribution in [0.4, 0.5) is 4.79 Å². The van der Waals surface area contributed by atoms with Crippen LogP contribution in [-0.2, 0) is 9.47 Å². The number of amides is 1. The van der Waals surface area contributed by atoms with E-state index in [-0.39, 0.29) is 18.2 Å². The van der Waals surface area contributed by atoms with E-state index >= 15 is 0 Å². The molecule has 2 atom stereocenters. The molecule has 132 valence electrons. The summed E-state index contributed by atoms with van der Waals surface area (Å²) >= 11 is 0. The van der Waals surface area contributed by atoms with Crippen LogP contribution in [0.15, 0.2) is 36.8 Å². The van der Waals surface area contributed by atoms with E-state index in [0.29, 0.717) is 13.2 Å². The molecule has 25 heavy (non-hydrogen) atoms. The lowest BCUT2D eigenvalue weighted by Gasteiger charge is -2.44. The summed E-state index contributed by atoms with van der Waals surface area (Å²) in [6.45, 7) is 6.72. The van der Waals surface area contributed by atoms with E-state index in [9.17, 15) is 4.79 Å². The predicted molar refractivity (Wildman–Crippen MR) is 94.3 cm³/mol. The van der Waals surface area contributed by atoms with Gasteiger partial charge in [0, 0.05) is 18.6 Å². The van der Waals surface area contributed by atoms with Crippen molar-refractivity contribution < 1.29 is 14.3 Å². The number of nitrogens with zero attached hydrogens (tertiary/aromatic N) is 3. The number of carbonyl (C=O) groups excluding carboxylic acids is 1. The number of morpholine rings is 1. The Morgan fingerprint density at radius 2 is 2.16 bits per heavy atom. The minimum atomic E-state index is -0.497. The van der Waals surface area contributed by atoms with Crippen molar-refractivity contribution >= 4 is 17.3 Å². The summed E-state index contributed by atoms with van der Waals surface area (Å²) in [5.41, 5.74) is 2.84. The van der Waals surface area contributed by atoms with Crippen LogP contribution in [0.3, 0.4) is 0 Å². The summed E-state index contributed by atoms with van der Waals surface area (Å²) in [7, 11) is 0. The highest BCUT2D eigenvalue weighted by atomic mass is 16.6. The molecule has 2 unspecified atom stereocenters. The third-order valence-corrected chi connectivity index (χ3v) is 4.56. The predicted octanol–water partition coefficient (Wildman–Crippen LogP) is 3.13. The maximum Gasteiger partial charge on any atom is 0.411 e. The maximum atomic E-state index is 12.6. The van der Waals surface area contributed by atoms with Gasteiger partial charge in [0.1, 0.15) is 11.2 Å². The molecule has 2 aliphatic rings. The van der Waals surface area contributed by atoms with Crippen molar-refractivity contribution in [2.75, 3.05) is 13.2 Å². The van der Waals surface area contributed by atoms with Crippen LogP contribution < -0.4 is 0 Å². The normalized spacial score (nSPS) is 23.5. The average molecular weight is 341 g/mol. The molecule has 0 aliphatic carbocycles. The van der Waals surface area contributed by atoms with Gasteiger partial charge >= 0.3 is 6.09 Å². The van der Waals surface area contributed by atoms with Crippen molar-refractivity contribution in [3.63, 3.8) is 0 Å². The molecule has 1 fully saturated rings. The number of hydrogen-bond donors (Lipinski definition) is 0. The largest absolute Gasteiger partial charge is 0.444 e. The second kappa shape index (κ2) is 5.88. The molecule has 4 heterocycles. The third kappa shape index (κ3) is 3.14. The molecule has 6 heteroatoms. The van der Waals surface area contributed by atoms with Crippen LogP contribution >= 0.6 is 0 Å². The van der Waals surface area contributed by atoms with Gasteiger partial charge in [0.15, 0.2) is 0 Å². The summed E-state index contributed by atoms with van der Waals surface area (Å²) in [5.74, 6) is 0. The van der Waals surface area contributed by atoms with E-state index in [1.165, 1.54) is 5.57 Å². The molecule has 4 rings (SSSR count). The Balaban J connectivity index is 1.63. The summed E-state index contributed by atoms with van der Waals surface area (Å²) < 4.78 is 13.3. The number of aromatic nitrogens is 2. The maximum absolute atomic E-state index is 12.6. The first-order valence-corrected chi connectivity index (χ1v) is 8.63. The second-order valence-electron chi connectivity index (χ2n) is 7.65. The quantitative estimate of drug-likeness (QED) is 0.800. The van der Waals surface area contributed by atoms with E-state index < -0.39 is 5.60 Å². The van der Waals surface area contributed by atoms with Crippen molar-refractivity contribution in [2.45, 2.75) is 44.9 Å². The molecule has 0 spiro atoms. The Hall–Kier alpha value is -2.34. The molecule has 1 saturated heterocycles. The minimum Gasteiger partial charge on any atom is -0.444 e. The summed E-state index contributed by atoms with van der Waals surface area (Å²) in [4.78, 5) is 18.7. The minimum absolute atomic E-state index is 0.00656. The lowest BCUT2D eigenvalue weighted by molar-refractivity contribution is -0.0510. The number of pyridine rings is 1.